The Morgan fingerprint density at radius 3 is 2.45 bits per heavy atom. The van der Waals surface area contributed by atoms with Crippen molar-refractivity contribution in [1.82, 2.24) is 5.06 Å². The first-order valence-corrected chi connectivity index (χ1v) is 3.70. The van der Waals surface area contributed by atoms with Crippen LogP contribution >= 0.6 is 0 Å². The molecule has 1 aliphatic heterocycles. The Kier molecular flexibility index (Phi) is 2.09. The second-order valence-electron chi connectivity index (χ2n) is 3.68. The average Bonchev–Trinajstić information content (AvgIpc) is 2.31. The topological polar surface area (TPSA) is 21.7 Å². The van der Waals surface area contributed by atoms with Crippen LogP contribution in [0.1, 0.15) is 20.8 Å². The minimum atomic E-state index is -0.00694. The van der Waals surface area contributed by atoms with Gasteiger partial charge in [-0.05, 0) is 0 Å². The summed E-state index contributed by atoms with van der Waals surface area (Å²) in [6.45, 7) is 6.32. The van der Waals surface area contributed by atoms with Gasteiger partial charge in [-0.3, -0.25) is 4.84 Å². The summed E-state index contributed by atoms with van der Waals surface area (Å²) < 4.78 is 5.34. The highest BCUT2D eigenvalue weighted by molar-refractivity contribution is 4.87. The van der Waals surface area contributed by atoms with Crippen LogP contribution in [0.25, 0.3) is 0 Å². The summed E-state index contributed by atoms with van der Waals surface area (Å²) in [6, 6.07) is 0. The van der Waals surface area contributed by atoms with E-state index < -0.39 is 0 Å². The lowest BCUT2D eigenvalue weighted by molar-refractivity contribution is -0.199. The summed E-state index contributed by atoms with van der Waals surface area (Å²) in [7, 11) is 1.64. The van der Waals surface area contributed by atoms with Gasteiger partial charge in [0.05, 0.1) is 13.3 Å². The minimum Gasteiger partial charge on any atom is -0.474 e. The molecule has 1 atom stereocenters. The lowest BCUT2D eigenvalue weighted by Gasteiger charge is -2.32. The van der Waals surface area contributed by atoms with Crippen LogP contribution in [0, 0.1) is 5.41 Å². The Hall–Kier alpha value is -0.700. The van der Waals surface area contributed by atoms with Crippen molar-refractivity contribution >= 4 is 0 Å². The predicted octanol–water partition coefficient (Wildman–Crippen LogP) is 1.72. The molecule has 3 heteroatoms. The number of hydrogen-bond acceptors (Lipinski definition) is 3. The van der Waals surface area contributed by atoms with Crippen LogP contribution in [0.5, 0.6) is 0 Å². The van der Waals surface area contributed by atoms with Gasteiger partial charge in [0, 0.05) is 5.41 Å². The summed E-state index contributed by atoms with van der Waals surface area (Å²) in [5.74, 6) is 0. The molecule has 1 unspecified atom stereocenters. The normalized spacial score (nSPS) is 24.0. The van der Waals surface area contributed by atoms with Crippen LogP contribution in [0.4, 0.5) is 0 Å². The van der Waals surface area contributed by atoms with Crippen LogP contribution in [0.2, 0.25) is 0 Å². The fraction of sp³-hybridized carbons (Fsp3) is 0.750. The molecule has 1 aliphatic rings. The molecule has 0 aromatic heterocycles. The van der Waals surface area contributed by atoms with E-state index in [1.807, 2.05) is 0 Å². The molecule has 0 radical (unpaired) electrons. The standard InChI is InChI=1S/C8H15NO2/c1-8(2,3)7-9(10-4)5-6-11-7/h5-7H,1-4H3. The molecule has 0 aromatic rings. The first-order valence-electron chi connectivity index (χ1n) is 3.70. The van der Waals surface area contributed by atoms with E-state index in [-0.39, 0.29) is 11.6 Å². The first kappa shape index (κ1) is 8.40. The Morgan fingerprint density at radius 2 is 2.09 bits per heavy atom. The van der Waals surface area contributed by atoms with Gasteiger partial charge in [0.1, 0.15) is 6.26 Å². The highest BCUT2D eigenvalue weighted by Crippen LogP contribution is 2.28. The van der Waals surface area contributed by atoms with Gasteiger partial charge < -0.3 is 4.74 Å². The van der Waals surface area contributed by atoms with E-state index in [9.17, 15) is 0 Å². The molecular weight excluding hydrogens is 142 g/mol. The Bertz CT molecular complexity index is 160. The summed E-state index contributed by atoms with van der Waals surface area (Å²) in [6.07, 6.45) is 3.43. The van der Waals surface area contributed by atoms with Crippen LogP contribution < -0.4 is 0 Å². The minimum absolute atomic E-state index is 0.00694. The van der Waals surface area contributed by atoms with Crippen molar-refractivity contribution in [2.24, 2.45) is 5.41 Å². The maximum atomic E-state index is 5.34. The summed E-state index contributed by atoms with van der Waals surface area (Å²) >= 11 is 0. The number of rotatable bonds is 1. The maximum Gasteiger partial charge on any atom is 0.198 e. The Morgan fingerprint density at radius 1 is 1.45 bits per heavy atom. The van der Waals surface area contributed by atoms with Gasteiger partial charge in [0.25, 0.3) is 0 Å². The lowest BCUT2D eigenvalue weighted by atomic mass is 9.94. The van der Waals surface area contributed by atoms with Crippen LogP contribution in [-0.4, -0.2) is 18.4 Å². The van der Waals surface area contributed by atoms with Crippen molar-refractivity contribution < 1.29 is 9.57 Å². The van der Waals surface area contributed by atoms with Crippen molar-refractivity contribution in [3.63, 3.8) is 0 Å². The highest BCUT2D eigenvalue weighted by Gasteiger charge is 2.33. The quantitative estimate of drug-likeness (QED) is 0.578. The Labute approximate surface area is 67.5 Å². The average molecular weight is 157 g/mol. The fourth-order valence-corrected chi connectivity index (χ4v) is 1.05. The number of hydrogen-bond donors (Lipinski definition) is 0. The van der Waals surface area contributed by atoms with E-state index in [1.54, 1.807) is 24.6 Å². The molecule has 11 heavy (non-hydrogen) atoms. The van der Waals surface area contributed by atoms with Crippen LogP contribution in [-0.2, 0) is 9.57 Å². The van der Waals surface area contributed by atoms with E-state index in [4.69, 9.17) is 9.57 Å². The van der Waals surface area contributed by atoms with Crippen molar-refractivity contribution in [1.29, 1.82) is 0 Å². The van der Waals surface area contributed by atoms with Crippen molar-refractivity contribution in [2.45, 2.75) is 27.0 Å². The van der Waals surface area contributed by atoms with E-state index in [2.05, 4.69) is 20.8 Å². The molecule has 0 saturated heterocycles. The van der Waals surface area contributed by atoms with Crippen molar-refractivity contribution in [3.8, 4) is 0 Å². The largest absolute Gasteiger partial charge is 0.474 e. The third kappa shape index (κ3) is 1.66. The van der Waals surface area contributed by atoms with Crippen LogP contribution in [0.3, 0.4) is 0 Å². The van der Waals surface area contributed by atoms with Gasteiger partial charge in [-0.2, -0.15) is 0 Å². The molecule has 0 fully saturated rings. The van der Waals surface area contributed by atoms with Gasteiger partial charge >= 0.3 is 0 Å². The molecule has 0 spiro atoms. The summed E-state index contributed by atoms with van der Waals surface area (Å²) in [5, 5.41) is 1.71. The Balaban J connectivity index is 2.61. The third-order valence-corrected chi connectivity index (χ3v) is 1.60. The molecule has 0 aromatic carbocycles. The van der Waals surface area contributed by atoms with Gasteiger partial charge in [0.2, 0.25) is 0 Å². The SMILES string of the molecule is CON1C=COC1C(C)(C)C. The molecule has 0 bridgehead atoms. The molecular formula is C8H15NO2. The van der Waals surface area contributed by atoms with Gasteiger partial charge in [0.15, 0.2) is 6.23 Å². The monoisotopic (exact) mass is 157 g/mol. The second kappa shape index (κ2) is 2.74. The molecule has 64 valence electrons. The van der Waals surface area contributed by atoms with E-state index >= 15 is 0 Å². The van der Waals surface area contributed by atoms with E-state index in [0.29, 0.717) is 0 Å². The first-order chi connectivity index (χ1) is 5.05. The predicted molar refractivity (Wildman–Crippen MR) is 42.3 cm³/mol. The zero-order valence-electron chi connectivity index (χ0n) is 7.50. The summed E-state index contributed by atoms with van der Waals surface area (Å²) in [5.41, 5.74) is 0.0690. The van der Waals surface area contributed by atoms with Gasteiger partial charge in [-0.1, -0.05) is 20.8 Å². The maximum absolute atomic E-state index is 5.34. The number of ether oxygens (including phenoxy) is 1. The van der Waals surface area contributed by atoms with E-state index in [0.717, 1.165) is 0 Å². The zero-order chi connectivity index (χ0) is 8.48. The third-order valence-electron chi connectivity index (χ3n) is 1.60. The number of nitrogens with zero attached hydrogens (tertiary/aromatic N) is 1. The lowest BCUT2D eigenvalue weighted by Crippen LogP contribution is -2.38. The van der Waals surface area contributed by atoms with Crippen molar-refractivity contribution in [2.75, 3.05) is 7.11 Å². The van der Waals surface area contributed by atoms with Crippen molar-refractivity contribution in [3.05, 3.63) is 12.5 Å². The molecule has 1 heterocycles. The second-order valence-corrected chi connectivity index (χ2v) is 3.68. The van der Waals surface area contributed by atoms with E-state index in [1.165, 1.54) is 0 Å². The molecule has 1 rings (SSSR count). The zero-order valence-corrected chi connectivity index (χ0v) is 7.50. The fourth-order valence-electron chi connectivity index (χ4n) is 1.05. The van der Waals surface area contributed by atoms with Gasteiger partial charge in [-0.15, -0.1) is 0 Å². The highest BCUT2D eigenvalue weighted by atomic mass is 16.7. The molecule has 0 saturated carbocycles. The number of hydroxylamine groups is 2. The molecule has 0 aliphatic carbocycles. The molecule has 0 amide bonds. The molecule has 3 nitrogen and oxygen atoms in total. The summed E-state index contributed by atoms with van der Waals surface area (Å²) in [4.78, 5) is 5.07. The van der Waals surface area contributed by atoms with Crippen LogP contribution in [0.15, 0.2) is 12.5 Å². The smallest absolute Gasteiger partial charge is 0.198 e. The molecule has 0 N–H and O–H groups in total. The van der Waals surface area contributed by atoms with Gasteiger partial charge in [-0.25, -0.2) is 5.06 Å².